The molecule has 0 aliphatic carbocycles. The van der Waals surface area contributed by atoms with Gasteiger partial charge in [0, 0.05) is 18.3 Å². The summed E-state index contributed by atoms with van der Waals surface area (Å²) in [5, 5.41) is 7.79. The first kappa shape index (κ1) is 21.3. The van der Waals surface area contributed by atoms with Gasteiger partial charge in [-0.1, -0.05) is 12.1 Å². The quantitative estimate of drug-likeness (QED) is 0.444. The Labute approximate surface area is 186 Å². The number of hydrogen-bond donors (Lipinski definition) is 0. The maximum Gasteiger partial charge on any atom is 0.368 e. The van der Waals surface area contributed by atoms with Crippen molar-refractivity contribution in [1.82, 2.24) is 24.8 Å². The van der Waals surface area contributed by atoms with Gasteiger partial charge in [-0.15, -0.1) is 0 Å². The number of rotatable bonds is 7. The topological polar surface area (TPSA) is 84.1 Å². The van der Waals surface area contributed by atoms with Crippen LogP contribution in [0.25, 0.3) is 16.9 Å². The fraction of sp³-hybridized carbons (Fsp3) is 0.250. The molecular weight excluding hydrogens is 406 g/mol. The van der Waals surface area contributed by atoms with E-state index in [1.165, 1.54) is 9.36 Å². The van der Waals surface area contributed by atoms with Crippen molar-refractivity contribution in [1.29, 1.82) is 0 Å². The lowest BCUT2D eigenvalue weighted by molar-refractivity contribution is 0.284. The van der Waals surface area contributed by atoms with E-state index in [1.807, 2.05) is 63.2 Å². The second-order valence-corrected chi connectivity index (χ2v) is 7.42. The van der Waals surface area contributed by atoms with Crippen LogP contribution in [0.15, 0.2) is 59.4 Å². The molecule has 0 atom stereocenters. The number of benzene rings is 2. The second kappa shape index (κ2) is 9.05. The predicted molar refractivity (Wildman–Crippen MR) is 121 cm³/mol. The summed E-state index contributed by atoms with van der Waals surface area (Å²) in [5.41, 5.74) is 4.86. The number of nitrogens with zero attached hydrogens (tertiary/aromatic N) is 5. The minimum atomic E-state index is -0.342. The van der Waals surface area contributed by atoms with Crippen LogP contribution in [0, 0.1) is 13.8 Å². The van der Waals surface area contributed by atoms with Crippen molar-refractivity contribution in [2.45, 2.75) is 27.4 Å². The molecule has 164 valence electrons. The van der Waals surface area contributed by atoms with E-state index in [-0.39, 0.29) is 12.3 Å². The van der Waals surface area contributed by atoms with Crippen LogP contribution >= 0.6 is 0 Å². The van der Waals surface area contributed by atoms with E-state index in [2.05, 4.69) is 21.5 Å². The first-order valence-electron chi connectivity index (χ1n) is 10.4. The Bertz CT molecular complexity index is 1310. The van der Waals surface area contributed by atoms with Gasteiger partial charge in [0.25, 0.3) is 0 Å². The van der Waals surface area contributed by atoms with Crippen LogP contribution in [0.3, 0.4) is 0 Å². The van der Waals surface area contributed by atoms with Gasteiger partial charge < -0.3 is 9.47 Å². The van der Waals surface area contributed by atoms with E-state index < -0.39 is 0 Å². The lowest BCUT2D eigenvalue weighted by atomic mass is 10.1. The van der Waals surface area contributed by atoms with Crippen LogP contribution in [-0.4, -0.2) is 31.4 Å². The fourth-order valence-electron chi connectivity index (χ4n) is 3.48. The van der Waals surface area contributed by atoms with Crippen LogP contribution in [-0.2, 0) is 13.7 Å². The summed E-state index contributed by atoms with van der Waals surface area (Å²) in [4.78, 5) is 17.0. The third kappa shape index (κ3) is 4.25. The average Bonchev–Trinajstić information content (AvgIpc) is 3.12. The molecular formula is C24H25N5O3. The van der Waals surface area contributed by atoms with Crippen molar-refractivity contribution in [3.05, 3.63) is 81.9 Å². The number of aryl methyl sites for hydroxylation is 3. The highest BCUT2D eigenvalue weighted by atomic mass is 16.5. The molecule has 0 fully saturated rings. The van der Waals surface area contributed by atoms with E-state index in [0.29, 0.717) is 18.0 Å². The molecule has 0 radical (unpaired) electrons. The molecule has 2 aromatic heterocycles. The molecule has 8 nitrogen and oxygen atoms in total. The molecule has 0 bridgehead atoms. The van der Waals surface area contributed by atoms with E-state index in [9.17, 15) is 4.79 Å². The standard InChI is InChI=1S/C24H25N5O3/c1-5-31-23-11-7-10-21(29-24(30)28(4)26-27-29)19(23)15-32-22-13-12-18(14-16(22)2)20-9-6-8-17(3)25-20/h6-14H,5,15H2,1-4H3. The molecule has 8 heteroatoms. The van der Waals surface area contributed by atoms with Crippen molar-refractivity contribution >= 4 is 0 Å². The Hall–Kier alpha value is -3.94. The molecule has 0 aliphatic heterocycles. The highest BCUT2D eigenvalue weighted by Gasteiger charge is 2.17. The molecule has 4 rings (SSSR count). The second-order valence-electron chi connectivity index (χ2n) is 7.42. The summed E-state index contributed by atoms with van der Waals surface area (Å²) in [5.74, 6) is 1.38. The molecule has 0 saturated carbocycles. The molecule has 2 aromatic carbocycles. The normalized spacial score (nSPS) is 10.9. The minimum Gasteiger partial charge on any atom is -0.493 e. The zero-order valence-electron chi connectivity index (χ0n) is 18.6. The van der Waals surface area contributed by atoms with Crippen LogP contribution < -0.4 is 15.2 Å². The van der Waals surface area contributed by atoms with E-state index in [4.69, 9.17) is 9.47 Å². The van der Waals surface area contributed by atoms with Gasteiger partial charge in [-0.2, -0.15) is 9.36 Å². The Balaban J connectivity index is 1.65. The predicted octanol–water partition coefficient (Wildman–Crippen LogP) is 3.62. The molecule has 0 amide bonds. The van der Waals surface area contributed by atoms with Crippen LogP contribution in [0.4, 0.5) is 0 Å². The first-order chi connectivity index (χ1) is 15.5. The van der Waals surface area contributed by atoms with Crippen LogP contribution in [0.2, 0.25) is 0 Å². The zero-order chi connectivity index (χ0) is 22.7. The van der Waals surface area contributed by atoms with Crippen molar-refractivity contribution in [2.75, 3.05) is 6.61 Å². The Kier molecular flexibility index (Phi) is 6.02. The summed E-state index contributed by atoms with van der Waals surface area (Å²) in [6, 6.07) is 17.4. The highest BCUT2D eigenvalue weighted by Crippen LogP contribution is 2.29. The maximum absolute atomic E-state index is 12.4. The summed E-state index contributed by atoms with van der Waals surface area (Å²) in [6.45, 7) is 6.58. The lowest BCUT2D eigenvalue weighted by Crippen LogP contribution is -2.23. The van der Waals surface area contributed by atoms with E-state index in [0.717, 1.165) is 33.8 Å². The van der Waals surface area contributed by atoms with Gasteiger partial charge in [0.1, 0.15) is 18.1 Å². The summed E-state index contributed by atoms with van der Waals surface area (Å²) < 4.78 is 14.4. The first-order valence-corrected chi connectivity index (χ1v) is 10.4. The Morgan fingerprint density at radius 1 is 0.938 bits per heavy atom. The van der Waals surface area contributed by atoms with Crippen molar-refractivity contribution in [3.8, 4) is 28.4 Å². The number of aromatic nitrogens is 5. The molecule has 0 aliphatic rings. The number of tetrazole rings is 1. The largest absolute Gasteiger partial charge is 0.493 e. The number of pyridine rings is 1. The number of hydrogen-bond acceptors (Lipinski definition) is 6. The van der Waals surface area contributed by atoms with Gasteiger partial charge in [0.05, 0.1) is 23.6 Å². The molecule has 2 heterocycles. The third-order valence-corrected chi connectivity index (χ3v) is 5.09. The zero-order valence-corrected chi connectivity index (χ0v) is 18.6. The van der Waals surface area contributed by atoms with Gasteiger partial charge in [0.15, 0.2) is 0 Å². The van der Waals surface area contributed by atoms with Crippen molar-refractivity contribution in [2.24, 2.45) is 7.05 Å². The lowest BCUT2D eigenvalue weighted by Gasteiger charge is -2.16. The van der Waals surface area contributed by atoms with Gasteiger partial charge in [0.2, 0.25) is 0 Å². The summed E-state index contributed by atoms with van der Waals surface area (Å²) >= 11 is 0. The Morgan fingerprint density at radius 3 is 2.44 bits per heavy atom. The maximum atomic E-state index is 12.4. The number of ether oxygens (including phenoxy) is 2. The van der Waals surface area contributed by atoms with Gasteiger partial charge >= 0.3 is 5.69 Å². The smallest absolute Gasteiger partial charge is 0.368 e. The molecule has 0 saturated heterocycles. The minimum absolute atomic E-state index is 0.206. The molecule has 4 aromatic rings. The highest BCUT2D eigenvalue weighted by molar-refractivity contribution is 5.62. The van der Waals surface area contributed by atoms with Crippen LogP contribution in [0.1, 0.15) is 23.7 Å². The monoisotopic (exact) mass is 431 g/mol. The summed E-state index contributed by atoms with van der Waals surface area (Å²) in [7, 11) is 1.56. The van der Waals surface area contributed by atoms with Gasteiger partial charge in [-0.3, -0.25) is 4.98 Å². The van der Waals surface area contributed by atoms with Crippen LogP contribution in [0.5, 0.6) is 11.5 Å². The SMILES string of the molecule is CCOc1cccc(-n2nnn(C)c2=O)c1COc1ccc(-c2cccc(C)n2)cc1C. The molecule has 0 N–H and O–H groups in total. The Morgan fingerprint density at radius 2 is 1.75 bits per heavy atom. The van der Waals surface area contributed by atoms with E-state index in [1.54, 1.807) is 13.1 Å². The van der Waals surface area contributed by atoms with E-state index >= 15 is 0 Å². The van der Waals surface area contributed by atoms with Crippen molar-refractivity contribution in [3.63, 3.8) is 0 Å². The van der Waals surface area contributed by atoms with Crippen molar-refractivity contribution < 1.29 is 9.47 Å². The van der Waals surface area contributed by atoms with Gasteiger partial charge in [-0.25, -0.2) is 4.79 Å². The average molecular weight is 431 g/mol. The third-order valence-electron chi connectivity index (χ3n) is 5.09. The van der Waals surface area contributed by atoms with Gasteiger partial charge in [-0.05, 0) is 79.2 Å². The molecule has 0 unspecified atom stereocenters. The molecule has 0 spiro atoms. The molecule has 32 heavy (non-hydrogen) atoms. The fourth-order valence-corrected chi connectivity index (χ4v) is 3.48. The summed E-state index contributed by atoms with van der Waals surface area (Å²) in [6.07, 6.45) is 0.